The molecule has 0 aromatic heterocycles. The third-order valence-electron chi connectivity index (χ3n) is 3.69. The molecule has 4 nitrogen and oxygen atoms in total. The van der Waals surface area contributed by atoms with E-state index in [2.05, 4.69) is 15.5 Å². The zero-order valence-corrected chi connectivity index (χ0v) is 15.4. The van der Waals surface area contributed by atoms with Crippen LogP contribution in [0.3, 0.4) is 0 Å². The minimum absolute atomic E-state index is 0.0837. The van der Waals surface area contributed by atoms with Gasteiger partial charge in [-0.05, 0) is 30.7 Å². The third kappa shape index (κ3) is 7.31. The largest absolute Gasteiger partial charge is 0.355 e. The molecule has 0 unspecified atom stereocenters. The van der Waals surface area contributed by atoms with Crippen molar-refractivity contribution < 1.29 is 4.79 Å². The van der Waals surface area contributed by atoms with Gasteiger partial charge in [-0.1, -0.05) is 29.3 Å². The first-order valence-electron chi connectivity index (χ1n) is 7.86. The van der Waals surface area contributed by atoms with E-state index in [0.29, 0.717) is 21.6 Å². The quantitative estimate of drug-likeness (QED) is 0.685. The fraction of sp³-hybridized carbons (Fsp3) is 0.562. The molecule has 1 fully saturated rings. The maximum atomic E-state index is 11.8. The van der Waals surface area contributed by atoms with Gasteiger partial charge in [0.2, 0.25) is 5.91 Å². The summed E-state index contributed by atoms with van der Waals surface area (Å²) in [7, 11) is 0. The van der Waals surface area contributed by atoms with Crippen LogP contribution >= 0.6 is 35.0 Å². The first-order valence-corrected chi connectivity index (χ1v) is 9.77. The minimum Gasteiger partial charge on any atom is -0.355 e. The average Bonchev–Trinajstić information content (AvgIpc) is 2.55. The van der Waals surface area contributed by atoms with Crippen molar-refractivity contribution in [3.8, 4) is 0 Å². The second-order valence-electron chi connectivity index (χ2n) is 5.52. The van der Waals surface area contributed by atoms with Crippen molar-refractivity contribution in [2.75, 3.05) is 45.0 Å². The Morgan fingerprint density at radius 2 is 2.09 bits per heavy atom. The lowest BCUT2D eigenvalue weighted by Gasteiger charge is -2.27. The number of halogens is 2. The van der Waals surface area contributed by atoms with Crippen molar-refractivity contribution in [2.45, 2.75) is 12.2 Å². The van der Waals surface area contributed by atoms with Crippen LogP contribution in [0.4, 0.5) is 0 Å². The zero-order chi connectivity index (χ0) is 16.5. The molecule has 1 aliphatic rings. The highest BCUT2D eigenvalue weighted by atomic mass is 35.5. The van der Waals surface area contributed by atoms with E-state index in [1.165, 1.54) is 0 Å². The monoisotopic (exact) mass is 375 g/mol. The molecule has 1 saturated heterocycles. The van der Waals surface area contributed by atoms with Crippen LogP contribution in [0.1, 0.15) is 12.0 Å². The maximum absolute atomic E-state index is 11.8. The first kappa shape index (κ1) is 18.9. The molecule has 0 radical (unpaired) electrons. The Morgan fingerprint density at radius 3 is 2.83 bits per heavy atom. The maximum Gasteiger partial charge on any atom is 0.230 e. The Balaban J connectivity index is 1.54. The van der Waals surface area contributed by atoms with Gasteiger partial charge in [0, 0.05) is 48.5 Å². The molecule has 0 bridgehead atoms. The number of hydrogen-bond donors (Lipinski definition) is 2. The molecule has 0 saturated carbocycles. The predicted octanol–water partition coefficient (Wildman–Crippen LogP) is 2.64. The van der Waals surface area contributed by atoms with Crippen molar-refractivity contribution >= 4 is 40.9 Å². The highest BCUT2D eigenvalue weighted by Gasteiger charge is 2.09. The van der Waals surface area contributed by atoms with Gasteiger partial charge in [0.15, 0.2) is 0 Å². The van der Waals surface area contributed by atoms with Crippen LogP contribution in [0.15, 0.2) is 18.2 Å². The summed E-state index contributed by atoms with van der Waals surface area (Å²) in [5.41, 5.74) is 1.01. The van der Waals surface area contributed by atoms with Gasteiger partial charge in [-0.25, -0.2) is 0 Å². The van der Waals surface area contributed by atoms with Gasteiger partial charge in [0.05, 0.1) is 5.75 Å². The number of hydrogen-bond acceptors (Lipinski definition) is 4. The lowest BCUT2D eigenvalue weighted by atomic mass is 10.2. The highest BCUT2D eigenvalue weighted by Crippen LogP contribution is 2.24. The lowest BCUT2D eigenvalue weighted by molar-refractivity contribution is -0.118. The summed E-state index contributed by atoms with van der Waals surface area (Å²) in [6.45, 7) is 6.13. The number of nitrogens with zero attached hydrogens (tertiary/aromatic N) is 1. The molecular formula is C16H23Cl2N3OS. The van der Waals surface area contributed by atoms with E-state index in [9.17, 15) is 4.79 Å². The molecule has 1 aromatic carbocycles. The third-order valence-corrected chi connectivity index (χ3v) is 5.26. The Bertz CT molecular complexity index is 510. The summed E-state index contributed by atoms with van der Waals surface area (Å²) in [5, 5.41) is 7.60. The van der Waals surface area contributed by atoms with E-state index in [-0.39, 0.29) is 5.91 Å². The SMILES string of the molecule is O=C(CSCc1ccc(Cl)cc1Cl)NCCCN1CCNCC1. The second kappa shape index (κ2) is 10.4. The number of thioether (sulfide) groups is 1. The summed E-state index contributed by atoms with van der Waals surface area (Å²) in [4.78, 5) is 14.2. The number of carbonyl (C=O) groups excluding carboxylic acids is 1. The zero-order valence-electron chi connectivity index (χ0n) is 13.1. The molecule has 0 spiro atoms. The smallest absolute Gasteiger partial charge is 0.230 e. The molecule has 1 aliphatic heterocycles. The first-order chi connectivity index (χ1) is 11.1. The highest BCUT2D eigenvalue weighted by molar-refractivity contribution is 7.99. The van der Waals surface area contributed by atoms with Crippen LogP contribution < -0.4 is 10.6 Å². The molecule has 128 valence electrons. The molecular weight excluding hydrogens is 353 g/mol. The molecule has 1 aromatic rings. The van der Waals surface area contributed by atoms with Crippen molar-refractivity contribution in [3.63, 3.8) is 0 Å². The second-order valence-corrected chi connectivity index (χ2v) is 7.35. The number of nitrogens with one attached hydrogen (secondary N) is 2. The summed E-state index contributed by atoms with van der Waals surface area (Å²) < 4.78 is 0. The Hall–Kier alpha value is -0.460. The van der Waals surface area contributed by atoms with Gasteiger partial charge in [-0.15, -0.1) is 11.8 Å². The van der Waals surface area contributed by atoms with Gasteiger partial charge in [0.25, 0.3) is 0 Å². The number of carbonyl (C=O) groups is 1. The molecule has 1 heterocycles. The molecule has 2 N–H and O–H groups in total. The molecule has 23 heavy (non-hydrogen) atoms. The summed E-state index contributed by atoms with van der Waals surface area (Å²) in [6.07, 6.45) is 0.999. The summed E-state index contributed by atoms with van der Waals surface area (Å²) in [5.74, 6) is 1.25. The van der Waals surface area contributed by atoms with Gasteiger partial charge in [-0.2, -0.15) is 0 Å². The van der Waals surface area contributed by atoms with E-state index >= 15 is 0 Å². The van der Waals surface area contributed by atoms with Crippen LogP contribution in [0, 0.1) is 0 Å². The normalized spacial score (nSPS) is 15.6. The topological polar surface area (TPSA) is 44.4 Å². The number of rotatable bonds is 8. The Kier molecular flexibility index (Phi) is 8.55. The average molecular weight is 376 g/mol. The van der Waals surface area contributed by atoms with Crippen molar-refractivity contribution in [1.82, 2.24) is 15.5 Å². The van der Waals surface area contributed by atoms with Gasteiger partial charge < -0.3 is 15.5 Å². The molecule has 0 aliphatic carbocycles. The standard InChI is InChI=1S/C16H23Cl2N3OS/c17-14-3-2-13(15(18)10-14)11-23-12-16(22)20-4-1-7-21-8-5-19-6-9-21/h2-3,10,19H,1,4-9,11-12H2,(H,20,22). The van der Waals surface area contributed by atoms with E-state index in [4.69, 9.17) is 23.2 Å². The van der Waals surface area contributed by atoms with E-state index in [1.54, 1.807) is 17.8 Å². The van der Waals surface area contributed by atoms with E-state index in [0.717, 1.165) is 51.3 Å². The Morgan fingerprint density at radius 1 is 1.30 bits per heavy atom. The number of benzene rings is 1. The van der Waals surface area contributed by atoms with Gasteiger partial charge in [-0.3, -0.25) is 4.79 Å². The van der Waals surface area contributed by atoms with Crippen molar-refractivity contribution in [1.29, 1.82) is 0 Å². The van der Waals surface area contributed by atoms with Crippen LogP contribution in [0.2, 0.25) is 10.0 Å². The predicted molar refractivity (Wildman–Crippen MR) is 99.6 cm³/mol. The van der Waals surface area contributed by atoms with Crippen molar-refractivity contribution in [3.05, 3.63) is 33.8 Å². The summed E-state index contributed by atoms with van der Waals surface area (Å²) in [6, 6.07) is 5.46. The van der Waals surface area contributed by atoms with Gasteiger partial charge in [0.1, 0.15) is 0 Å². The Labute approximate surface area is 152 Å². The fourth-order valence-corrected chi connectivity index (χ4v) is 3.82. The van der Waals surface area contributed by atoms with Crippen LogP contribution in [0.25, 0.3) is 0 Å². The molecule has 7 heteroatoms. The molecule has 0 atom stereocenters. The number of amides is 1. The van der Waals surface area contributed by atoms with Crippen LogP contribution in [0.5, 0.6) is 0 Å². The summed E-state index contributed by atoms with van der Waals surface area (Å²) >= 11 is 13.5. The minimum atomic E-state index is 0.0837. The van der Waals surface area contributed by atoms with Crippen LogP contribution in [-0.4, -0.2) is 55.8 Å². The van der Waals surface area contributed by atoms with Crippen molar-refractivity contribution in [2.24, 2.45) is 0 Å². The molecule has 1 amide bonds. The van der Waals surface area contributed by atoms with Crippen LogP contribution in [-0.2, 0) is 10.5 Å². The lowest BCUT2D eigenvalue weighted by Crippen LogP contribution is -2.44. The van der Waals surface area contributed by atoms with E-state index < -0.39 is 0 Å². The van der Waals surface area contributed by atoms with E-state index in [1.807, 2.05) is 12.1 Å². The van der Waals surface area contributed by atoms with Gasteiger partial charge >= 0.3 is 0 Å². The number of piperazine rings is 1. The molecule has 2 rings (SSSR count). The fourth-order valence-electron chi connectivity index (χ4n) is 2.41.